The van der Waals surface area contributed by atoms with E-state index in [0.717, 1.165) is 43.2 Å². The molecule has 150 valence electrons. The summed E-state index contributed by atoms with van der Waals surface area (Å²) in [7, 11) is 2.08. The summed E-state index contributed by atoms with van der Waals surface area (Å²) < 4.78 is 11.7. The molecule has 1 heterocycles. The lowest BCUT2D eigenvalue weighted by molar-refractivity contribution is 0.0664. The lowest BCUT2D eigenvalue weighted by atomic mass is 10.1. The molecule has 1 fully saturated rings. The van der Waals surface area contributed by atoms with E-state index in [0.29, 0.717) is 18.8 Å². The van der Waals surface area contributed by atoms with Crippen LogP contribution in [-0.4, -0.2) is 55.5 Å². The van der Waals surface area contributed by atoms with Gasteiger partial charge in [-0.05, 0) is 69.3 Å². The summed E-state index contributed by atoms with van der Waals surface area (Å²) in [6, 6.07) is 11.7. The first-order valence-electron chi connectivity index (χ1n) is 9.91. The molecule has 1 aliphatic heterocycles. The molecular weight excluding hydrogens is 352 g/mol. The van der Waals surface area contributed by atoms with E-state index in [4.69, 9.17) is 9.47 Å². The fourth-order valence-electron chi connectivity index (χ4n) is 3.28. The zero-order chi connectivity index (χ0) is 20.1. The third kappa shape index (κ3) is 4.84. The molecule has 0 bridgehead atoms. The minimum atomic E-state index is 0.0728. The number of carbonyl (C=O) groups is 1. The van der Waals surface area contributed by atoms with Gasteiger partial charge in [-0.3, -0.25) is 4.79 Å². The summed E-state index contributed by atoms with van der Waals surface area (Å²) in [4.78, 5) is 17.1. The molecule has 1 amide bonds. The Balaban J connectivity index is 1.76. The fourth-order valence-corrected chi connectivity index (χ4v) is 3.28. The molecule has 5 heteroatoms. The minimum absolute atomic E-state index is 0.0728. The van der Waals surface area contributed by atoms with Crippen molar-refractivity contribution in [3.05, 3.63) is 58.7 Å². The van der Waals surface area contributed by atoms with Crippen molar-refractivity contribution in [1.29, 1.82) is 0 Å². The minimum Gasteiger partial charge on any atom is -0.493 e. The number of amides is 1. The van der Waals surface area contributed by atoms with Gasteiger partial charge in [-0.1, -0.05) is 6.07 Å². The molecule has 5 nitrogen and oxygen atoms in total. The van der Waals surface area contributed by atoms with Gasteiger partial charge >= 0.3 is 0 Å². The van der Waals surface area contributed by atoms with Gasteiger partial charge in [0.1, 0.15) is 18.1 Å². The Morgan fingerprint density at radius 3 is 2.39 bits per heavy atom. The molecule has 0 atom stereocenters. The van der Waals surface area contributed by atoms with E-state index >= 15 is 0 Å². The van der Waals surface area contributed by atoms with E-state index < -0.39 is 0 Å². The largest absolute Gasteiger partial charge is 0.493 e. The van der Waals surface area contributed by atoms with Crippen molar-refractivity contribution >= 4 is 5.91 Å². The summed E-state index contributed by atoms with van der Waals surface area (Å²) >= 11 is 0. The van der Waals surface area contributed by atoms with Crippen molar-refractivity contribution in [2.75, 3.05) is 39.8 Å². The SMILES string of the molecule is CCOc1ccc(C(=O)N2CCN(C)CC2)cc1COc1ccc(C)c(C)c1. The van der Waals surface area contributed by atoms with E-state index in [1.54, 1.807) is 0 Å². The zero-order valence-corrected chi connectivity index (χ0v) is 17.3. The summed E-state index contributed by atoms with van der Waals surface area (Å²) in [6.45, 7) is 10.4. The first kappa shape index (κ1) is 20.2. The van der Waals surface area contributed by atoms with Crippen molar-refractivity contribution in [3.8, 4) is 11.5 Å². The number of benzene rings is 2. The van der Waals surface area contributed by atoms with Gasteiger partial charge < -0.3 is 19.3 Å². The molecule has 0 N–H and O–H groups in total. The molecule has 28 heavy (non-hydrogen) atoms. The van der Waals surface area contributed by atoms with E-state index in [-0.39, 0.29) is 5.91 Å². The number of rotatable bonds is 6. The second-order valence-corrected chi connectivity index (χ2v) is 7.39. The Kier molecular flexibility index (Phi) is 6.57. The molecular formula is C23H30N2O3. The van der Waals surface area contributed by atoms with Gasteiger partial charge in [0, 0.05) is 37.3 Å². The van der Waals surface area contributed by atoms with Crippen LogP contribution in [0, 0.1) is 13.8 Å². The smallest absolute Gasteiger partial charge is 0.253 e. The van der Waals surface area contributed by atoms with Crippen molar-refractivity contribution < 1.29 is 14.3 Å². The Morgan fingerprint density at radius 2 is 1.71 bits per heavy atom. The Hall–Kier alpha value is -2.53. The van der Waals surface area contributed by atoms with Crippen molar-refractivity contribution in [3.63, 3.8) is 0 Å². The van der Waals surface area contributed by atoms with Crippen LogP contribution in [0.15, 0.2) is 36.4 Å². The monoisotopic (exact) mass is 382 g/mol. The topological polar surface area (TPSA) is 42.0 Å². The fraction of sp³-hybridized carbons (Fsp3) is 0.435. The number of carbonyl (C=O) groups excluding carboxylic acids is 1. The highest BCUT2D eigenvalue weighted by Crippen LogP contribution is 2.24. The maximum absolute atomic E-state index is 12.9. The quantitative estimate of drug-likeness (QED) is 0.765. The Morgan fingerprint density at radius 1 is 0.964 bits per heavy atom. The average Bonchev–Trinajstić information content (AvgIpc) is 2.70. The van der Waals surface area contributed by atoms with E-state index in [1.165, 1.54) is 11.1 Å². The Labute approximate surface area is 167 Å². The Bertz CT molecular complexity index is 827. The van der Waals surface area contributed by atoms with Gasteiger partial charge in [0.05, 0.1) is 6.61 Å². The zero-order valence-electron chi connectivity index (χ0n) is 17.3. The summed E-state index contributed by atoms with van der Waals surface area (Å²) in [6.07, 6.45) is 0. The molecule has 1 aliphatic rings. The predicted molar refractivity (Wildman–Crippen MR) is 111 cm³/mol. The number of hydrogen-bond acceptors (Lipinski definition) is 4. The van der Waals surface area contributed by atoms with Gasteiger partial charge in [0.15, 0.2) is 0 Å². The lowest BCUT2D eigenvalue weighted by Crippen LogP contribution is -2.47. The molecule has 0 unspecified atom stereocenters. The average molecular weight is 383 g/mol. The van der Waals surface area contributed by atoms with Gasteiger partial charge in [-0.2, -0.15) is 0 Å². The molecule has 2 aromatic carbocycles. The summed E-state index contributed by atoms with van der Waals surface area (Å²) in [5.41, 5.74) is 4.01. The van der Waals surface area contributed by atoms with Crippen LogP contribution in [0.3, 0.4) is 0 Å². The summed E-state index contributed by atoms with van der Waals surface area (Å²) in [5, 5.41) is 0. The summed E-state index contributed by atoms with van der Waals surface area (Å²) in [5.74, 6) is 1.66. The molecule has 1 saturated heterocycles. The highest BCUT2D eigenvalue weighted by Gasteiger charge is 2.21. The number of likely N-dealkylation sites (N-methyl/N-ethyl adjacent to an activating group) is 1. The maximum atomic E-state index is 12.9. The molecule has 0 saturated carbocycles. The number of ether oxygens (including phenoxy) is 2. The van der Waals surface area contributed by atoms with Gasteiger partial charge in [-0.15, -0.1) is 0 Å². The highest BCUT2D eigenvalue weighted by molar-refractivity contribution is 5.94. The molecule has 3 rings (SSSR count). The number of nitrogens with zero attached hydrogens (tertiary/aromatic N) is 2. The van der Waals surface area contributed by atoms with Crippen LogP contribution >= 0.6 is 0 Å². The molecule has 0 aliphatic carbocycles. The maximum Gasteiger partial charge on any atom is 0.253 e. The molecule has 0 spiro atoms. The highest BCUT2D eigenvalue weighted by atomic mass is 16.5. The third-order valence-corrected chi connectivity index (χ3v) is 5.27. The third-order valence-electron chi connectivity index (χ3n) is 5.27. The van der Waals surface area contributed by atoms with Gasteiger partial charge in [-0.25, -0.2) is 0 Å². The van der Waals surface area contributed by atoms with Crippen LogP contribution < -0.4 is 9.47 Å². The second kappa shape index (κ2) is 9.11. The van der Waals surface area contributed by atoms with Crippen LogP contribution in [0.4, 0.5) is 0 Å². The van der Waals surface area contributed by atoms with E-state index in [2.05, 4.69) is 31.9 Å². The first-order valence-corrected chi connectivity index (χ1v) is 9.91. The lowest BCUT2D eigenvalue weighted by Gasteiger charge is -2.32. The van der Waals surface area contributed by atoms with Crippen LogP contribution in [-0.2, 0) is 6.61 Å². The van der Waals surface area contributed by atoms with Crippen LogP contribution in [0.1, 0.15) is 34.0 Å². The number of hydrogen-bond donors (Lipinski definition) is 0. The van der Waals surface area contributed by atoms with Gasteiger partial charge in [0.2, 0.25) is 0 Å². The molecule has 0 aromatic heterocycles. The van der Waals surface area contributed by atoms with Gasteiger partial charge in [0.25, 0.3) is 5.91 Å². The molecule has 0 radical (unpaired) electrons. The van der Waals surface area contributed by atoms with E-state index in [1.807, 2.05) is 42.2 Å². The van der Waals surface area contributed by atoms with Crippen molar-refractivity contribution in [2.45, 2.75) is 27.4 Å². The second-order valence-electron chi connectivity index (χ2n) is 7.39. The number of aryl methyl sites for hydroxylation is 2. The predicted octanol–water partition coefficient (Wildman–Crippen LogP) is 3.67. The van der Waals surface area contributed by atoms with Crippen molar-refractivity contribution in [1.82, 2.24) is 9.80 Å². The number of piperazine rings is 1. The van der Waals surface area contributed by atoms with Crippen LogP contribution in [0.5, 0.6) is 11.5 Å². The first-order chi connectivity index (χ1) is 13.5. The van der Waals surface area contributed by atoms with Crippen molar-refractivity contribution in [2.24, 2.45) is 0 Å². The standard InChI is InChI=1S/C23H30N2O3/c1-5-27-22-9-7-19(23(26)25-12-10-24(4)11-13-25)15-20(22)16-28-21-8-6-17(2)18(3)14-21/h6-9,14-15H,5,10-13,16H2,1-4H3. The van der Waals surface area contributed by atoms with Crippen LogP contribution in [0.2, 0.25) is 0 Å². The molecule has 2 aromatic rings. The van der Waals surface area contributed by atoms with Crippen LogP contribution in [0.25, 0.3) is 0 Å². The van der Waals surface area contributed by atoms with E-state index in [9.17, 15) is 4.79 Å². The normalized spacial score (nSPS) is 14.8.